The van der Waals surface area contributed by atoms with Crippen LogP contribution in [0.4, 0.5) is 5.95 Å². The summed E-state index contributed by atoms with van der Waals surface area (Å²) in [5, 5.41) is 0. The first-order chi connectivity index (χ1) is 6.77. The van der Waals surface area contributed by atoms with Crippen LogP contribution in [0.5, 0.6) is 0 Å². The number of piperazine rings is 1. The molecular weight excluding hydrogens is 176 g/mol. The molecule has 1 unspecified atom stereocenters. The number of hydrogen-bond donors (Lipinski definition) is 0. The summed E-state index contributed by atoms with van der Waals surface area (Å²) in [5.41, 5.74) is 0. The molecule has 1 aromatic heterocycles. The van der Waals surface area contributed by atoms with Gasteiger partial charge in [-0.25, -0.2) is 9.97 Å². The maximum Gasteiger partial charge on any atom is 0.225 e. The van der Waals surface area contributed by atoms with Gasteiger partial charge in [0.1, 0.15) is 0 Å². The molecule has 1 aliphatic heterocycles. The topological polar surface area (TPSA) is 32.3 Å². The van der Waals surface area contributed by atoms with Crippen molar-refractivity contribution in [1.29, 1.82) is 0 Å². The van der Waals surface area contributed by atoms with Gasteiger partial charge in [0.15, 0.2) is 0 Å². The minimum Gasteiger partial charge on any atom is -0.336 e. The molecule has 1 atom stereocenters. The Hall–Kier alpha value is -1.16. The first-order valence-corrected chi connectivity index (χ1v) is 4.99. The van der Waals surface area contributed by atoms with Crippen LogP contribution in [-0.4, -0.2) is 47.6 Å². The molecule has 0 spiro atoms. The molecule has 1 aromatic rings. The Morgan fingerprint density at radius 3 is 2.64 bits per heavy atom. The Bertz CT molecular complexity index is 287. The number of rotatable bonds is 1. The second kappa shape index (κ2) is 3.92. The zero-order chi connectivity index (χ0) is 9.97. The van der Waals surface area contributed by atoms with Crippen molar-refractivity contribution in [2.75, 3.05) is 31.6 Å². The second-order valence-electron chi connectivity index (χ2n) is 3.85. The quantitative estimate of drug-likeness (QED) is 0.653. The summed E-state index contributed by atoms with van der Waals surface area (Å²) in [6.07, 6.45) is 3.60. The van der Waals surface area contributed by atoms with Crippen molar-refractivity contribution in [3.05, 3.63) is 18.5 Å². The predicted octanol–water partition coefficient (Wildman–Crippen LogP) is 0.617. The molecule has 0 amide bonds. The van der Waals surface area contributed by atoms with E-state index in [4.69, 9.17) is 0 Å². The molecule has 1 aliphatic rings. The maximum atomic E-state index is 4.27. The third kappa shape index (κ3) is 1.85. The molecule has 0 N–H and O–H groups in total. The van der Waals surface area contributed by atoms with Crippen molar-refractivity contribution in [2.24, 2.45) is 0 Å². The standard InChI is InChI=1S/C10H16N4/c1-9-8-13(2)6-7-14(9)10-11-4-3-5-12-10/h3-5,9H,6-8H2,1-2H3. The van der Waals surface area contributed by atoms with E-state index in [2.05, 4.69) is 33.7 Å². The summed E-state index contributed by atoms with van der Waals surface area (Å²) in [5.74, 6) is 0.855. The maximum absolute atomic E-state index is 4.27. The molecule has 14 heavy (non-hydrogen) atoms. The van der Waals surface area contributed by atoms with Gasteiger partial charge in [0.2, 0.25) is 5.95 Å². The zero-order valence-electron chi connectivity index (χ0n) is 8.72. The van der Waals surface area contributed by atoms with Crippen molar-refractivity contribution in [3.63, 3.8) is 0 Å². The monoisotopic (exact) mass is 192 g/mol. The van der Waals surface area contributed by atoms with Crippen molar-refractivity contribution in [3.8, 4) is 0 Å². The molecule has 0 bridgehead atoms. The van der Waals surface area contributed by atoms with Crippen LogP contribution in [0.1, 0.15) is 6.92 Å². The smallest absolute Gasteiger partial charge is 0.225 e. The van der Waals surface area contributed by atoms with E-state index in [1.807, 2.05) is 6.07 Å². The van der Waals surface area contributed by atoms with Gasteiger partial charge in [0.05, 0.1) is 0 Å². The SMILES string of the molecule is CC1CN(C)CCN1c1ncccn1. The minimum atomic E-state index is 0.496. The lowest BCUT2D eigenvalue weighted by atomic mass is 10.2. The van der Waals surface area contributed by atoms with E-state index < -0.39 is 0 Å². The van der Waals surface area contributed by atoms with Crippen LogP contribution in [0, 0.1) is 0 Å². The Balaban J connectivity index is 2.12. The van der Waals surface area contributed by atoms with Gasteiger partial charge in [0, 0.05) is 38.1 Å². The van der Waals surface area contributed by atoms with Crippen LogP contribution in [0.3, 0.4) is 0 Å². The molecule has 4 nitrogen and oxygen atoms in total. The summed E-state index contributed by atoms with van der Waals surface area (Å²) in [6, 6.07) is 2.35. The fraction of sp³-hybridized carbons (Fsp3) is 0.600. The number of anilines is 1. The average Bonchev–Trinajstić information content (AvgIpc) is 2.19. The third-order valence-electron chi connectivity index (χ3n) is 2.64. The van der Waals surface area contributed by atoms with Crippen LogP contribution in [0.2, 0.25) is 0 Å². The Labute approximate surface area is 84.6 Å². The van der Waals surface area contributed by atoms with Crippen LogP contribution >= 0.6 is 0 Å². The Kier molecular flexibility index (Phi) is 2.63. The summed E-state index contributed by atoms with van der Waals surface area (Å²) < 4.78 is 0. The van der Waals surface area contributed by atoms with Gasteiger partial charge in [-0.3, -0.25) is 0 Å². The van der Waals surface area contributed by atoms with Crippen molar-refractivity contribution in [1.82, 2.24) is 14.9 Å². The number of aromatic nitrogens is 2. The van der Waals surface area contributed by atoms with E-state index in [-0.39, 0.29) is 0 Å². The largest absolute Gasteiger partial charge is 0.336 e. The number of hydrogen-bond acceptors (Lipinski definition) is 4. The Morgan fingerprint density at radius 2 is 2.00 bits per heavy atom. The fourth-order valence-electron chi connectivity index (χ4n) is 1.88. The highest BCUT2D eigenvalue weighted by molar-refractivity contribution is 5.31. The first-order valence-electron chi connectivity index (χ1n) is 4.99. The van der Waals surface area contributed by atoms with E-state index >= 15 is 0 Å². The fourth-order valence-corrected chi connectivity index (χ4v) is 1.88. The molecule has 4 heteroatoms. The molecule has 2 rings (SSSR count). The zero-order valence-corrected chi connectivity index (χ0v) is 8.72. The van der Waals surface area contributed by atoms with Crippen molar-refractivity contribution < 1.29 is 0 Å². The summed E-state index contributed by atoms with van der Waals surface area (Å²) in [6.45, 7) is 5.40. The highest BCUT2D eigenvalue weighted by Crippen LogP contribution is 2.13. The van der Waals surface area contributed by atoms with Gasteiger partial charge in [-0.1, -0.05) is 0 Å². The molecule has 1 saturated heterocycles. The van der Waals surface area contributed by atoms with Crippen LogP contribution in [0.15, 0.2) is 18.5 Å². The van der Waals surface area contributed by atoms with Gasteiger partial charge in [-0.05, 0) is 20.0 Å². The van der Waals surface area contributed by atoms with E-state index in [0.717, 1.165) is 25.6 Å². The van der Waals surface area contributed by atoms with E-state index in [9.17, 15) is 0 Å². The lowest BCUT2D eigenvalue weighted by molar-refractivity contribution is 0.273. The summed E-state index contributed by atoms with van der Waals surface area (Å²) in [7, 11) is 2.15. The molecule has 0 aromatic carbocycles. The summed E-state index contributed by atoms with van der Waals surface area (Å²) in [4.78, 5) is 13.1. The molecule has 0 aliphatic carbocycles. The molecule has 76 valence electrons. The molecule has 1 fully saturated rings. The van der Waals surface area contributed by atoms with Gasteiger partial charge < -0.3 is 9.80 Å². The van der Waals surface area contributed by atoms with Gasteiger partial charge >= 0.3 is 0 Å². The van der Waals surface area contributed by atoms with Crippen LogP contribution in [0.25, 0.3) is 0 Å². The lowest BCUT2D eigenvalue weighted by Crippen LogP contribution is -2.51. The lowest BCUT2D eigenvalue weighted by Gasteiger charge is -2.38. The van der Waals surface area contributed by atoms with E-state index in [1.165, 1.54) is 0 Å². The van der Waals surface area contributed by atoms with Crippen LogP contribution in [-0.2, 0) is 0 Å². The highest BCUT2D eigenvalue weighted by Gasteiger charge is 2.22. The van der Waals surface area contributed by atoms with Gasteiger partial charge in [-0.2, -0.15) is 0 Å². The highest BCUT2D eigenvalue weighted by atomic mass is 15.3. The number of likely N-dealkylation sites (N-methyl/N-ethyl adjacent to an activating group) is 1. The molecule has 0 radical (unpaired) electrons. The normalized spacial score (nSPS) is 23.9. The first kappa shape index (κ1) is 9.40. The predicted molar refractivity (Wildman–Crippen MR) is 56.3 cm³/mol. The van der Waals surface area contributed by atoms with E-state index in [1.54, 1.807) is 12.4 Å². The molecular formula is C10H16N4. The van der Waals surface area contributed by atoms with Gasteiger partial charge in [0.25, 0.3) is 0 Å². The van der Waals surface area contributed by atoms with E-state index in [0.29, 0.717) is 6.04 Å². The second-order valence-corrected chi connectivity index (χ2v) is 3.85. The van der Waals surface area contributed by atoms with Crippen molar-refractivity contribution in [2.45, 2.75) is 13.0 Å². The number of nitrogens with zero attached hydrogens (tertiary/aromatic N) is 4. The molecule has 0 saturated carbocycles. The third-order valence-corrected chi connectivity index (χ3v) is 2.64. The minimum absolute atomic E-state index is 0.496. The average molecular weight is 192 g/mol. The van der Waals surface area contributed by atoms with Crippen molar-refractivity contribution >= 4 is 5.95 Å². The summed E-state index contributed by atoms with van der Waals surface area (Å²) >= 11 is 0. The molecule has 2 heterocycles. The Morgan fingerprint density at radius 1 is 1.29 bits per heavy atom. The van der Waals surface area contributed by atoms with Crippen LogP contribution < -0.4 is 4.90 Å². The van der Waals surface area contributed by atoms with Gasteiger partial charge in [-0.15, -0.1) is 0 Å².